The van der Waals surface area contributed by atoms with Crippen molar-refractivity contribution in [1.29, 1.82) is 0 Å². The molecule has 0 heterocycles. The van der Waals surface area contributed by atoms with E-state index >= 15 is 0 Å². The molecule has 0 amide bonds. The summed E-state index contributed by atoms with van der Waals surface area (Å²) in [6.45, 7) is 0. The minimum atomic E-state index is 0.853. The van der Waals surface area contributed by atoms with Crippen molar-refractivity contribution in [3.05, 3.63) is 48.5 Å². The third-order valence-corrected chi connectivity index (χ3v) is 5.23. The number of benzene rings is 2. The number of nitrogens with one attached hydrogen (secondary N) is 2. The lowest BCUT2D eigenvalue weighted by Crippen LogP contribution is -2.08. The summed E-state index contributed by atoms with van der Waals surface area (Å²) in [4.78, 5) is 0. The fraction of sp³-hybridized carbons (Fsp3) is 0.417. The van der Waals surface area contributed by atoms with Crippen molar-refractivity contribution < 1.29 is 9.47 Å². The molecule has 1 fully saturated rings. The number of methoxy groups -OCH3 is 2. The van der Waals surface area contributed by atoms with Gasteiger partial charge >= 0.3 is 0 Å². The van der Waals surface area contributed by atoms with Crippen LogP contribution >= 0.6 is 0 Å². The molecule has 6 nitrogen and oxygen atoms in total. The molecule has 1 aliphatic carbocycles. The lowest BCUT2D eigenvalue weighted by molar-refractivity contribution is 0.415. The van der Waals surface area contributed by atoms with Gasteiger partial charge in [-0.15, -0.1) is 0 Å². The summed E-state index contributed by atoms with van der Waals surface area (Å²) < 4.78 is 10.4. The Morgan fingerprint density at radius 2 is 0.900 bits per heavy atom. The minimum Gasteiger partial charge on any atom is -0.497 e. The summed E-state index contributed by atoms with van der Waals surface area (Å²) in [5, 5.41) is 9.33. The van der Waals surface area contributed by atoms with Gasteiger partial charge in [-0.05, 0) is 99.9 Å². The van der Waals surface area contributed by atoms with Crippen LogP contribution in [0.4, 0.5) is 11.4 Å². The fourth-order valence-electron chi connectivity index (χ4n) is 3.41. The van der Waals surface area contributed by atoms with Gasteiger partial charge < -0.3 is 9.47 Å². The second kappa shape index (κ2) is 11.9. The third kappa shape index (κ3) is 7.10. The predicted octanol–water partition coefficient (Wildman–Crippen LogP) is 6.07. The lowest BCUT2D eigenvalue weighted by atomic mass is 9.98. The van der Waals surface area contributed by atoms with Crippen molar-refractivity contribution in [1.82, 2.24) is 0 Å². The van der Waals surface area contributed by atoms with Crippen molar-refractivity contribution >= 4 is 22.8 Å². The number of ether oxygens (including phenoxy) is 2. The first-order valence-electron chi connectivity index (χ1n) is 10.7. The molecule has 0 radical (unpaired) electrons. The van der Waals surface area contributed by atoms with E-state index in [1.54, 1.807) is 14.2 Å². The zero-order valence-electron chi connectivity index (χ0n) is 18.0. The maximum Gasteiger partial charge on any atom is 0.119 e. The largest absolute Gasteiger partial charge is 0.497 e. The molecule has 0 spiro atoms. The Balaban J connectivity index is 1.48. The van der Waals surface area contributed by atoms with E-state index in [9.17, 15) is 0 Å². The molecule has 2 aromatic rings. The Labute approximate surface area is 179 Å². The summed E-state index contributed by atoms with van der Waals surface area (Å²) in [6.07, 6.45) is 8.64. The quantitative estimate of drug-likeness (QED) is 0.569. The first-order chi connectivity index (χ1) is 14.8. The number of hydrazone groups is 2. The van der Waals surface area contributed by atoms with Crippen molar-refractivity contribution in [2.45, 2.75) is 51.4 Å². The smallest absolute Gasteiger partial charge is 0.119 e. The van der Waals surface area contributed by atoms with E-state index < -0.39 is 0 Å². The Morgan fingerprint density at radius 3 is 1.20 bits per heavy atom. The highest BCUT2D eigenvalue weighted by Gasteiger charge is 2.08. The first kappa shape index (κ1) is 21.7. The highest BCUT2D eigenvalue weighted by Crippen LogP contribution is 2.19. The monoisotopic (exact) mass is 408 g/mol. The van der Waals surface area contributed by atoms with Gasteiger partial charge in [-0.1, -0.05) is 0 Å². The van der Waals surface area contributed by atoms with Gasteiger partial charge in [-0.2, -0.15) is 10.2 Å². The molecule has 160 valence electrons. The molecular formula is C24H32N4O2. The molecule has 0 unspecified atom stereocenters. The van der Waals surface area contributed by atoms with Crippen LogP contribution in [0.5, 0.6) is 11.5 Å². The molecule has 0 bridgehead atoms. The number of nitrogens with zero attached hydrogens (tertiary/aromatic N) is 2. The van der Waals surface area contributed by atoms with E-state index in [0.717, 1.165) is 74.2 Å². The zero-order valence-corrected chi connectivity index (χ0v) is 18.0. The second-order valence-corrected chi connectivity index (χ2v) is 7.45. The number of hydrogen-bond donors (Lipinski definition) is 2. The molecule has 2 aromatic carbocycles. The maximum atomic E-state index is 5.20. The van der Waals surface area contributed by atoms with Crippen LogP contribution in [0.1, 0.15) is 51.4 Å². The minimum absolute atomic E-state index is 0.853. The van der Waals surface area contributed by atoms with E-state index in [1.807, 2.05) is 48.5 Å². The molecule has 3 rings (SSSR count). The van der Waals surface area contributed by atoms with Crippen LogP contribution in [-0.2, 0) is 0 Å². The summed E-state index contributed by atoms with van der Waals surface area (Å²) in [6, 6.07) is 15.7. The van der Waals surface area contributed by atoms with Gasteiger partial charge in [0.2, 0.25) is 0 Å². The van der Waals surface area contributed by atoms with E-state index in [-0.39, 0.29) is 0 Å². The molecule has 30 heavy (non-hydrogen) atoms. The Bertz CT molecular complexity index is 742. The average Bonchev–Trinajstić information content (AvgIpc) is 2.81. The highest BCUT2D eigenvalue weighted by molar-refractivity contribution is 5.87. The SMILES string of the molecule is COc1ccc(NN=C2CCCCC(=NNc3ccc(OC)cc3)CCCC2)cc1. The molecular weight excluding hydrogens is 376 g/mol. The number of anilines is 2. The highest BCUT2D eigenvalue weighted by atomic mass is 16.5. The predicted molar refractivity (Wildman–Crippen MR) is 125 cm³/mol. The maximum absolute atomic E-state index is 5.20. The summed E-state index contributed by atoms with van der Waals surface area (Å²) in [5.74, 6) is 1.71. The number of hydrogen-bond acceptors (Lipinski definition) is 6. The van der Waals surface area contributed by atoms with Gasteiger partial charge in [0.15, 0.2) is 0 Å². The van der Waals surface area contributed by atoms with E-state index in [2.05, 4.69) is 21.1 Å². The fourth-order valence-corrected chi connectivity index (χ4v) is 3.41. The van der Waals surface area contributed by atoms with Gasteiger partial charge in [0.25, 0.3) is 0 Å². The number of rotatable bonds is 6. The van der Waals surface area contributed by atoms with Crippen LogP contribution in [-0.4, -0.2) is 25.6 Å². The van der Waals surface area contributed by atoms with Gasteiger partial charge in [-0.25, -0.2) is 0 Å². The van der Waals surface area contributed by atoms with Gasteiger partial charge in [0, 0.05) is 11.4 Å². The van der Waals surface area contributed by atoms with Crippen molar-refractivity contribution in [2.75, 3.05) is 25.1 Å². The zero-order chi connectivity index (χ0) is 21.0. The Morgan fingerprint density at radius 1 is 0.567 bits per heavy atom. The second-order valence-electron chi connectivity index (χ2n) is 7.45. The Hall–Kier alpha value is -3.02. The molecule has 0 saturated heterocycles. The van der Waals surface area contributed by atoms with Gasteiger partial charge in [0.1, 0.15) is 11.5 Å². The molecule has 0 aromatic heterocycles. The third-order valence-electron chi connectivity index (χ3n) is 5.23. The first-order valence-corrected chi connectivity index (χ1v) is 10.7. The molecule has 1 aliphatic rings. The van der Waals surface area contributed by atoms with Crippen LogP contribution in [0.3, 0.4) is 0 Å². The Kier molecular flexibility index (Phi) is 8.57. The molecule has 6 heteroatoms. The lowest BCUT2D eigenvalue weighted by Gasteiger charge is -2.13. The van der Waals surface area contributed by atoms with Crippen molar-refractivity contribution in [3.63, 3.8) is 0 Å². The topological polar surface area (TPSA) is 67.2 Å². The van der Waals surface area contributed by atoms with Crippen LogP contribution in [0, 0.1) is 0 Å². The average molecular weight is 409 g/mol. The molecule has 0 aliphatic heterocycles. The summed E-state index contributed by atoms with van der Waals surface area (Å²) in [5.41, 5.74) is 10.9. The standard InChI is InChI=1S/C24H32N4O2/c1-29-23-15-11-21(12-16-23)27-25-19-7-3-5-9-20(10-6-4-8-19)26-28-22-13-17-24(30-2)18-14-22/h11-18,27-28H,3-10H2,1-2H3. The normalized spacial score (nSPS) is 15.1. The van der Waals surface area contributed by atoms with Crippen LogP contribution in [0.25, 0.3) is 0 Å². The van der Waals surface area contributed by atoms with Crippen molar-refractivity contribution in [2.24, 2.45) is 10.2 Å². The summed E-state index contributed by atoms with van der Waals surface area (Å²) >= 11 is 0. The van der Waals surface area contributed by atoms with E-state index in [4.69, 9.17) is 9.47 Å². The van der Waals surface area contributed by atoms with E-state index in [0.29, 0.717) is 0 Å². The van der Waals surface area contributed by atoms with Gasteiger partial charge in [-0.3, -0.25) is 10.9 Å². The van der Waals surface area contributed by atoms with Crippen molar-refractivity contribution in [3.8, 4) is 11.5 Å². The molecule has 0 atom stereocenters. The van der Waals surface area contributed by atoms with E-state index in [1.165, 1.54) is 11.4 Å². The molecule has 2 N–H and O–H groups in total. The summed E-state index contributed by atoms with van der Waals surface area (Å²) in [7, 11) is 3.35. The van der Waals surface area contributed by atoms with Crippen LogP contribution < -0.4 is 20.3 Å². The molecule has 1 saturated carbocycles. The van der Waals surface area contributed by atoms with Crippen LogP contribution in [0.15, 0.2) is 58.7 Å². The van der Waals surface area contributed by atoms with Gasteiger partial charge in [0.05, 0.1) is 25.6 Å². The van der Waals surface area contributed by atoms with Crippen LogP contribution in [0.2, 0.25) is 0 Å².